The van der Waals surface area contributed by atoms with E-state index in [1.54, 1.807) is 0 Å². The van der Waals surface area contributed by atoms with Gasteiger partial charge in [0.05, 0.1) is 0 Å². The number of allylic oxidation sites excluding steroid dienone is 1. The molecule has 2 aliphatic rings. The third kappa shape index (κ3) is 1.28. The molecule has 86 valence electrons. The van der Waals surface area contributed by atoms with Gasteiger partial charge in [-0.1, -0.05) is 48.6 Å². The summed E-state index contributed by atoms with van der Waals surface area (Å²) in [6.07, 6.45) is 8.43. The first-order chi connectivity index (χ1) is 8.93. The Labute approximate surface area is 105 Å². The van der Waals surface area contributed by atoms with Crippen molar-refractivity contribution in [1.82, 2.24) is 0 Å². The van der Waals surface area contributed by atoms with Crippen molar-refractivity contribution in [3.63, 3.8) is 0 Å². The summed E-state index contributed by atoms with van der Waals surface area (Å²) in [6, 6.07) is 12.8. The van der Waals surface area contributed by atoms with Crippen LogP contribution in [0.5, 0.6) is 5.75 Å². The SMILES string of the molecule is C1=CCOc2c3c(ccc2=C1)=c1ccccc1=C3. The molecule has 1 heteroatoms. The van der Waals surface area contributed by atoms with Gasteiger partial charge in [0.2, 0.25) is 0 Å². The Morgan fingerprint density at radius 3 is 2.83 bits per heavy atom. The van der Waals surface area contributed by atoms with E-state index in [4.69, 9.17) is 4.74 Å². The molecule has 0 N–H and O–H groups in total. The van der Waals surface area contributed by atoms with Crippen molar-refractivity contribution in [2.75, 3.05) is 6.61 Å². The molecule has 0 spiro atoms. The van der Waals surface area contributed by atoms with Crippen molar-refractivity contribution in [3.8, 4) is 5.75 Å². The molecule has 0 fully saturated rings. The molecule has 1 heterocycles. The number of fused-ring (bicyclic) bond motifs is 4. The van der Waals surface area contributed by atoms with Crippen LogP contribution in [0, 0.1) is 10.4 Å². The lowest BCUT2D eigenvalue weighted by Crippen LogP contribution is -2.08. The fraction of sp³-hybridized carbons (Fsp3) is 0.0588. The van der Waals surface area contributed by atoms with Gasteiger partial charge in [0, 0.05) is 10.8 Å². The molecule has 0 radical (unpaired) electrons. The molecule has 2 aromatic carbocycles. The minimum absolute atomic E-state index is 0.643. The number of rotatable bonds is 0. The molecular formula is C17H12O. The van der Waals surface area contributed by atoms with E-state index < -0.39 is 0 Å². The number of hydrogen-bond acceptors (Lipinski definition) is 1. The average Bonchev–Trinajstić information content (AvgIpc) is 2.62. The number of benzene rings is 2. The molecule has 0 saturated heterocycles. The number of ether oxygens (including phenoxy) is 1. The maximum absolute atomic E-state index is 5.87. The Hall–Kier alpha value is -2.28. The van der Waals surface area contributed by atoms with E-state index in [0.29, 0.717) is 6.61 Å². The normalized spacial score (nSPS) is 14.4. The predicted octanol–water partition coefficient (Wildman–Crippen LogP) is 1.84. The maximum atomic E-state index is 5.87. The van der Waals surface area contributed by atoms with Crippen molar-refractivity contribution in [2.45, 2.75) is 0 Å². The summed E-state index contributed by atoms with van der Waals surface area (Å²) < 4.78 is 5.87. The molecule has 0 atom stereocenters. The first kappa shape index (κ1) is 9.72. The summed E-state index contributed by atoms with van der Waals surface area (Å²) in [5.41, 5.74) is 1.22. The molecule has 1 nitrogen and oxygen atoms in total. The summed E-state index contributed by atoms with van der Waals surface area (Å²) in [6.45, 7) is 0.643. The second-order valence-corrected chi connectivity index (χ2v) is 4.58. The van der Waals surface area contributed by atoms with Crippen LogP contribution in [0.25, 0.3) is 12.2 Å². The monoisotopic (exact) mass is 232 g/mol. The summed E-state index contributed by atoms with van der Waals surface area (Å²) in [7, 11) is 0. The zero-order valence-electron chi connectivity index (χ0n) is 9.89. The topological polar surface area (TPSA) is 9.23 Å². The molecule has 1 aliphatic heterocycles. The highest BCUT2D eigenvalue weighted by atomic mass is 16.5. The van der Waals surface area contributed by atoms with Gasteiger partial charge in [-0.15, -0.1) is 0 Å². The smallest absolute Gasteiger partial charge is 0.134 e. The van der Waals surface area contributed by atoms with Gasteiger partial charge in [-0.05, 0) is 27.8 Å². The molecule has 0 saturated carbocycles. The lowest BCUT2D eigenvalue weighted by Gasteiger charge is -2.06. The van der Waals surface area contributed by atoms with E-state index >= 15 is 0 Å². The zero-order valence-corrected chi connectivity index (χ0v) is 9.89. The van der Waals surface area contributed by atoms with Crippen LogP contribution in [0.3, 0.4) is 0 Å². The molecular weight excluding hydrogens is 220 g/mol. The van der Waals surface area contributed by atoms with E-state index in [1.807, 2.05) is 6.08 Å². The van der Waals surface area contributed by atoms with Crippen LogP contribution in [0.4, 0.5) is 0 Å². The fourth-order valence-corrected chi connectivity index (χ4v) is 2.67. The highest BCUT2D eigenvalue weighted by molar-refractivity contribution is 5.64. The Balaban J connectivity index is 2.21. The van der Waals surface area contributed by atoms with Gasteiger partial charge in [-0.3, -0.25) is 0 Å². The van der Waals surface area contributed by atoms with Gasteiger partial charge >= 0.3 is 0 Å². The van der Waals surface area contributed by atoms with Gasteiger partial charge in [0.15, 0.2) is 0 Å². The van der Waals surface area contributed by atoms with Gasteiger partial charge in [0.25, 0.3) is 0 Å². The van der Waals surface area contributed by atoms with Crippen molar-refractivity contribution < 1.29 is 4.74 Å². The lowest BCUT2D eigenvalue weighted by molar-refractivity contribution is 0.360. The van der Waals surface area contributed by atoms with Crippen molar-refractivity contribution in [3.05, 3.63) is 75.0 Å². The lowest BCUT2D eigenvalue weighted by atomic mass is 10.1. The van der Waals surface area contributed by atoms with E-state index in [-0.39, 0.29) is 0 Å². The first-order valence-corrected chi connectivity index (χ1v) is 6.17. The average molecular weight is 232 g/mol. The quantitative estimate of drug-likeness (QED) is 0.574. The summed E-state index contributed by atoms with van der Waals surface area (Å²) in [5, 5.41) is 5.02. The molecule has 4 rings (SSSR count). The largest absolute Gasteiger partial charge is 0.488 e. The fourth-order valence-electron chi connectivity index (χ4n) is 2.67. The molecule has 0 amide bonds. The first-order valence-electron chi connectivity index (χ1n) is 6.17. The minimum atomic E-state index is 0.643. The molecule has 2 aromatic rings. The summed E-state index contributed by atoms with van der Waals surface area (Å²) >= 11 is 0. The number of hydrogen-bond donors (Lipinski definition) is 0. The van der Waals surface area contributed by atoms with Crippen LogP contribution >= 0.6 is 0 Å². The summed E-state index contributed by atoms with van der Waals surface area (Å²) in [4.78, 5) is 0. The third-order valence-corrected chi connectivity index (χ3v) is 3.51. The third-order valence-electron chi connectivity index (χ3n) is 3.51. The van der Waals surface area contributed by atoms with Gasteiger partial charge in [0.1, 0.15) is 12.4 Å². The highest BCUT2D eigenvalue weighted by Crippen LogP contribution is 2.20. The van der Waals surface area contributed by atoms with Gasteiger partial charge in [-0.25, -0.2) is 0 Å². The van der Waals surface area contributed by atoms with Crippen molar-refractivity contribution >= 4 is 12.2 Å². The Bertz CT molecular complexity index is 873. The van der Waals surface area contributed by atoms with Crippen molar-refractivity contribution in [1.29, 1.82) is 0 Å². The van der Waals surface area contributed by atoms with E-state index in [9.17, 15) is 0 Å². The van der Waals surface area contributed by atoms with E-state index in [2.05, 4.69) is 54.6 Å². The maximum Gasteiger partial charge on any atom is 0.134 e. The second kappa shape index (κ2) is 3.61. The Morgan fingerprint density at radius 2 is 1.83 bits per heavy atom. The van der Waals surface area contributed by atoms with Crippen LogP contribution in [-0.4, -0.2) is 6.61 Å². The van der Waals surface area contributed by atoms with Crippen LogP contribution in [-0.2, 0) is 0 Å². The zero-order chi connectivity index (χ0) is 11.9. The van der Waals surface area contributed by atoms with Crippen LogP contribution in [0.15, 0.2) is 48.6 Å². The molecule has 0 aromatic heterocycles. The molecule has 18 heavy (non-hydrogen) atoms. The van der Waals surface area contributed by atoms with E-state index in [0.717, 1.165) is 11.0 Å². The highest BCUT2D eigenvalue weighted by Gasteiger charge is 2.10. The Morgan fingerprint density at radius 1 is 0.889 bits per heavy atom. The Kier molecular flexibility index (Phi) is 1.95. The minimum Gasteiger partial charge on any atom is -0.488 e. The van der Waals surface area contributed by atoms with Gasteiger partial charge < -0.3 is 4.74 Å². The van der Waals surface area contributed by atoms with Crippen LogP contribution in [0.1, 0.15) is 5.56 Å². The predicted molar refractivity (Wildman–Crippen MR) is 72.5 cm³/mol. The van der Waals surface area contributed by atoms with E-state index in [1.165, 1.54) is 21.2 Å². The second-order valence-electron chi connectivity index (χ2n) is 4.58. The summed E-state index contributed by atoms with van der Waals surface area (Å²) in [5.74, 6) is 1.01. The standard InChI is InChI=1S/C17H12O/c1-2-7-14-13(6-1)11-16-15(14)9-8-12-5-3-4-10-18-17(12)16/h1-9,11H,10H2. The molecule has 0 bridgehead atoms. The van der Waals surface area contributed by atoms with Gasteiger partial charge in [-0.2, -0.15) is 0 Å². The molecule has 1 aliphatic carbocycles. The van der Waals surface area contributed by atoms with Crippen LogP contribution < -0.4 is 15.2 Å². The van der Waals surface area contributed by atoms with Crippen LogP contribution in [0.2, 0.25) is 0 Å². The molecule has 0 unspecified atom stereocenters. The van der Waals surface area contributed by atoms with Crippen molar-refractivity contribution in [2.24, 2.45) is 0 Å².